The van der Waals surface area contributed by atoms with E-state index in [-0.39, 0.29) is 5.91 Å². The number of nitrogens with one attached hydrogen (secondary N) is 1. The molecule has 1 rings (SSSR count). The molecule has 78 valence electrons. The minimum absolute atomic E-state index is 0.180. The number of aromatic nitrogens is 2. The van der Waals surface area contributed by atoms with E-state index in [0.717, 1.165) is 5.82 Å². The van der Waals surface area contributed by atoms with Gasteiger partial charge in [0.15, 0.2) is 0 Å². The Morgan fingerprint density at radius 3 is 2.79 bits per heavy atom. The fourth-order valence-electron chi connectivity index (χ4n) is 0.954. The van der Waals surface area contributed by atoms with Crippen molar-refractivity contribution in [2.24, 2.45) is 12.8 Å². The predicted molar refractivity (Wildman–Crippen MR) is 53.3 cm³/mol. The van der Waals surface area contributed by atoms with Crippen LogP contribution >= 0.6 is 0 Å². The van der Waals surface area contributed by atoms with Gasteiger partial charge < -0.3 is 15.6 Å². The first-order valence-corrected chi connectivity index (χ1v) is 4.44. The zero-order valence-electron chi connectivity index (χ0n) is 8.74. The van der Waals surface area contributed by atoms with Crippen LogP contribution in [0.2, 0.25) is 0 Å². The van der Waals surface area contributed by atoms with Gasteiger partial charge in [-0.2, -0.15) is 0 Å². The third-order valence-corrected chi connectivity index (χ3v) is 1.91. The molecule has 0 aliphatic carbocycles. The number of hydrogen-bond donors (Lipinski definition) is 2. The number of amides is 1. The van der Waals surface area contributed by atoms with E-state index in [1.54, 1.807) is 20.0 Å². The largest absolute Gasteiger partial charge is 0.347 e. The van der Waals surface area contributed by atoms with Crippen molar-refractivity contribution in [3.63, 3.8) is 0 Å². The van der Waals surface area contributed by atoms with Crippen molar-refractivity contribution in [1.82, 2.24) is 14.9 Å². The third kappa shape index (κ3) is 2.56. The number of carbonyl (C=O) groups is 1. The van der Waals surface area contributed by atoms with Crippen LogP contribution in [-0.2, 0) is 18.4 Å². The molecule has 0 radical (unpaired) electrons. The highest BCUT2D eigenvalue weighted by Crippen LogP contribution is 1.98. The van der Waals surface area contributed by atoms with Crippen LogP contribution in [0.4, 0.5) is 0 Å². The topological polar surface area (TPSA) is 72.9 Å². The molecule has 1 amide bonds. The molecule has 14 heavy (non-hydrogen) atoms. The van der Waals surface area contributed by atoms with E-state index >= 15 is 0 Å². The van der Waals surface area contributed by atoms with E-state index in [9.17, 15) is 4.79 Å². The standard InChI is InChI=1S/C9H16N4O/c1-9(2,10)8(14)12-6-7-11-4-5-13(7)3/h4-5H,6,10H2,1-3H3,(H,12,14). The average Bonchev–Trinajstić information content (AvgIpc) is 2.45. The molecule has 0 saturated heterocycles. The van der Waals surface area contributed by atoms with E-state index < -0.39 is 5.54 Å². The molecule has 0 atom stereocenters. The highest BCUT2D eigenvalue weighted by molar-refractivity contribution is 5.84. The summed E-state index contributed by atoms with van der Waals surface area (Å²) in [5.74, 6) is 0.628. The van der Waals surface area contributed by atoms with Crippen molar-refractivity contribution in [3.05, 3.63) is 18.2 Å². The van der Waals surface area contributed by atoms with Crippen molar-refractivity contribution in [2.45, 2.75) is 25.9 Å². The smallest absolute Gasteiger partial charge is 0.239 e. The number of nitrogens with zero attached hydrogens (tertiary/aromatic N) is 2. The van der Waals surface area contributed by atoms with Gasteiger partial charge >= 0.3 is 0 Å². The van der Waals surface area contributed by atoms with E-state index in [0.29, 0.717) is 6.54 Å². The molecular weight excluding hydrogens is 180 g/mol. The van der Waals surface area contributed by atoms with Gasteiger partial charge in [0.05, 0.1) is 12.1 Å². The lowest BCUT2D eigenvalue weighted by Crippen LogP contribution is -2.48. The molecule has 5 heteroatoms. The molecule has 0 aliphatic heterocycles. The Hall–Kier alpha value is -1.36. The lowest BCUT2D eigenvalue weighted by Gasteiger charge is -2.17. The number of rotatable bonds is 3. The summed E-state index contributed by atoms with van der Waals surface area (Å²) < 4.78 is 1.85. The first kappa shape index (κ1) is 10.7. The molecular formula is C9H16N4O. The second kappa shape index (κ2) is 3.79. The Morgan fingerprint density at radius 1 is 1.71 bits per heavy atom. The number of nitrogens with two attached hydrogens (primary N) is 1. The molecule has 0 bridgehead atoms. The second-order valence-electron chi connectivity index (χ2n) is 3.86. The van der Waals surface area contributed by atoms with Crippen molar-refractivity contribution in [1.29, 1.82) is 0 Å². The van der Waals surface area contributed by atoms with Crippen molar-refractivity contribution in [2.75, 3.05) is 0 Å². The van der Waals surface area contributed by atoms with Gasteiger partial charge in [-0.3, -0.25) is 4.79 Å². The summed E-state index contributed by atoms with van der Waals surface area (Å²) in [7, 11) is 1.88. The van der Waals surface area contributed by atoms with Gasteiger partial charge in [0.2, 0.25) is 5.91 Å². The maximum Gasteiger partial charge on any atom is 0.239 e. The number of imidazole rings is 1. The summed E-state index contributed by atoms with van der Waals surface area (Å²) in [5, 5.41) is 2.72. The number of aryl methyl sites for hydroxylation is 1. The van der Waals surface area contributed by atoms with Gasteiger partial charge in [-0.05, 0) is 13.8 Å². The molecule has 3 N–H and O–H groups in total. The molecule has 0 fully saturated rings. The van der Waals surface area contributed by atoms with Crippen LogP contribution in [0, 0.1) is 0 Å². The molecule has 5 nitrogen and oxygen atoms in total. The predicted octanol–water partition coefficient (Wildman–Crippen LogP) is -0.226. The molecule has 0 aromatic carbocycles. The van der Waals surface area contributed by atoms with Gasteiger partial charge in [-0.1, -0.05) is 0 Å². The highest BCUT2D eigenvalue weighted by Gasteiger charge is 2.21. The van der Waals surface area contributed by atoms with Crippen LogP contribution in [0.15, 0.2) is 12.4 Å². The fourth-order valence-corrected chi connectivity index (χ4v) is 0.954. The Labute approximate surface area is 83.3 Å². The van der Waals surface area contributed by atoms with E-state index in [4.69, 9.17) is 5.73 Å². The highest BCUT2D eigenvalue weighted by atomic mass is 16.2. The summed E-state index contributed by atoms with van der Waals surface area (Å²) in [6.45, 7) is 3.74. The average molecular weight is 196 g/mol. The van der Waals surface area contributed by atoms with Crippen LogP contribution in [0.1, 0.15) is 19.7 Å². The normalized spacial score (nSPS) is 11.4. The molecule has 0 aliphatic rings. The lowest BCUT2D eigenvalue weighted by atomic mass is 10.1. The Balaban J connectivity index is 2.50. The van der Waals surface area contributed by atoms with Crippen molar-refractivity contribution in [3.8, 4) is 0 Å². The van der Waals surface area contributed by atoms with Crippen LogP contribution in [-0.4, -0.2) is 21.0 Å². The van der Waals surface area contributed by atoms with Crippen LogP contribution < -0.4 is 11.1 Å². The monoisotopic (exact) mass is 196 g/mol. The first-order valence-electron chi connectivity index (χ1n) is 4.44. The zero-order chi connectivity index (χ0) is 10.8. The van der Waals surface area contributed by atoms with Gasteiger partial charge in [0, 0.05) is 19.4 Å². The van der Waals surface area contributed by atoms with E-state index in [1.807, 2.05) is 17.8 Å². The summed E-state index contributed by atoms with van der Waals surface area (Å²) >= 11 is 0. The molecule has 0 unspecified atom stereocenters. The van der Waals surface area contributed by atoms with Gasteiger partial charge in [0.25, 0.3) is 0 Å². The minimum atomic E-state index is -0.842. The Morgan fingerprint density at radius 2 is 2.36 bits per heavy atom. The van der Waals surface area contributed by atoms with Crippen LogP contribution in [0.5, 0.6) is 0 Å². The summed E-state index contributed by atoms with van der Waals surface area (Å²) in [4.78, 5) is 15.5. The first-order chi connectivity index (χ1) is 6.41. The van der Waals surface area contributed by atoms with Crippen LogP contribution in [0.25, 0.3) is 0 Å². The van der Waals surface area contributed by atoms with Crippen molar-refractivity contribution < 1.29 is 4.79 Å². The van der Waals surface area contributed by atoms with Gasteiger partial charge in [-0.25, -0.2) is 4.98 Å². The minimum Gasteiger partial charge on any atom is -0.347 e. The molecule has 1 aromatic heterocycles. The Bertz CT molecular complexity index is 324. The van der Waals surface area contributed by atoms with Gasteiger partial charge in [0.1, 0.15) is 5.82 Å². The van der Waals surface area contributed by atoms with E-state index in [1.165, 1.54) is 0 Å². The molecule has 0 saturated carbocycles. The second-order valence-corrected chi connectivity index (χ2v) is 3.86. The SMILES string of the molecule is Cn1ccnc1CNC(=O)C(C)(C)N. The number of hydrogen-bond acceptors (Lipinski definition) is 3. The summed E-state index contributed by atoms with van der Waals surface area (Å²) in [5.41, 5.74) is 4.78. The van der Waals surface area contributed by atoms with Gasteiger partial charge in [-0.15, -0.1) is 0 Å². The molecule has 1 heterocycles. The maximum absolute atomic E-state index is 11.4. The number of carbonyl (C=O) groups excluding carboxylic acids is 1. The zero-order valence-corrected chi connectivity index (χ0v) is 8.74. The molecule has 1 aromatic rings. The van der Waals surface area contributed by atoms with E-state index in [2.05, 4.69) is 10.3 Å². The van der Waals surface area contributed by atoms with Crippen molar-refractivity contribution >= 4 is 5.91 Å². The van der Waals surface area contributed by atoms with Crippen LogP contribution in [0.3, 0.4) is 0 Å². The quantitative estimate of drug-likeness (QED) is 0.701. The molecule has 0 spiro atoms. The lowest BCUT2D eigenvalue weighted by molar-refractivity contribution is -0.125. The Kier molecular flexibility index (Phi) is 2.90. The summed E-state index contributed by atoms with van der Waals surface area (Å²) in [6, 6.07) is 0. The fraction of sp³-hybridized carbons (Fsp3) is 0.556. The maximum atomic E-state index is 11.4. The third-order valence-electron chi connectivity index (χ3n) is 1.91. The summed E-state index contributed by atoms with van der Waals surface area (Å²) in [6.07, 6.45) is 3.52.